The number of rotatable bonds is 14. The number of benzene rings is 3. The molecule has 2 fully saturated rings. The van der Waals surface area contributed by atoms with Gasteiger partial charge in [-0.05, 0) is 98.5 Å². The van der Waals surface area contributed by atoms with E-state index in [9.17, 15) is 24.3 Å². The Morgan fingerprint density at radius 1 is 0.938 bits per heavy atom. The predicted octanol–water partition coefficient (Wildman–Crippen LogP) is 8.31. The maximum atomic E-state index is 13.9. The van der Waals surface area contributed by atoms with Crippen LogP contribution in [0.3, 0.4) is 0 Å². The van der Waals surface area contributed by atoms with Crippen LogP contribution in [0.5, 0.6) is 11.5 Å². The van der Waals surface area contributed by atoms with Gasteiger partial charge < -0.3 is 38.9 Å². The van der Waals surface area contributed by atoms with Crippen molar-refractivity contribution in [1.29, 1.82) is 0 Å². The molecule has 14 nitrogen and oxygen atoms in total. The van der Waals surface area contributed by atoms with Crippen molar-refractivity contribution < 1.29 is 38.5 Å². The summed E-state index contributed by atoms with van der Waals surface area (Å²) in [4.78, 5) is 67.8. The maximum absolute atomic E-state index is 13.9. The Morgan fingerprint density at radius 3 is 2.47 bits per heavy atom. The van der Waals surface area contributed by atoms with E-state index in [1.807, 2.05) is 69.4 Å². The Morgan fingerprint density at radius 2 is 1.70 bits per heavy atom. The smallest absolute Gasteiger partial charge is 0.416 e. The van der Waals surface area contributed by atoms with Crippen LogP contribution in [0.4, 0.5) is 21.0 Å². The largest absolute Gasteiger partial charge is 0.493 e. The van der Waals surface area contributed by atoms with E-state index < -0.39 is 24.5 Å². The third kappa shape index (κ3) is 9.91. The number of aryl methyl sites for hydroxylation is 1. The van der Waals surface area contributed by atoms with Crippen LogP contribution in [0.15, 0.2) is 71.9 Å². The number of carbonyl (C=O) groups is 4. The van der Waals surface area contributed by atoms with Crippen LogP contribution in [-0.2, 0) is 9.53 Å². The third-order valence-electron chi connectivity index (χ3n) is 12.4. The van der Waals surface area contributed by atoms with E-state index in [-0.39, 0.29) is 35.3 Å². The van der Waals surface area contributed by atoms with Crippen molar-refractivity contribution in [2.75, 3.05) is 75.2 Å². The molecule has 8 rings (SSSR count). The zero-order valence-electron chi connectivity index (χ0n) is 36.4. The number of hydrogen-bond acceptors (Lipinski definition) is 12. The summed E-state index contributed by atoms with van der Waals surface area (Å²) in [5.41, 5.74) is 3.01. The van der Waals surface area contributed by atoms with E-state index in [2.05, 4.69) is 9.88 Å². The second kappa shape index (κ2) is 20.6. The van der Waals surface area contributed by atoms with E-state index in [1.165, 1.54) is 26.5 Å². The lowest BCUT2D eigenvalue weighted by Gasteiger charge is -2.32. The van der Waals surface area contributed by atoms with Gasteiger partial charge in [0.05, 0.1) is 29.6 Å². The molecule has 5 heterocycles. The molecular formula is C47H55ClN6O8S2. The second-order valence-corrected chi connectivity index (χ2v) is 19.9. The number of nitrogens with zero attached hydrogens (tertiary/aromatic N) is 6. The fraction of sp³-hybridized carbons (Fsp3) is 0.468. The molecule has 0 spiro atoms. The van der Waals surface area contributed by atoms with Crippen LogP contribution >= 0.6 is 33.2 Å². The first kappa shape index (κ1) is 45.8. The summed E-state index contributed by atoms with van der Waals surface area (Å²) < 4.78 is 18.1. The summed E-state index contributed by atoms with van der Waals surface area (Å²) in [7, 11) is 5.05. The third-order valence-corrected chi connectivity index (χ3v) is 15.5. The number of aromatic nitrogens is 1. The first-order chi connectivity index (χ1) is 31.0. The molecule has 0 radical (unpaired) electrons. The number of fused-ring (bicyclic) bond motifs is 5. The monoisotopic (exact) mass is 930 g/mol. The predicted molar refractivity (Wildman–Crippen MR) is 251 cm³/mol. The Balaban J connectivity index is 0.895. The van der Waals surface area contributed by atoms with Crippen LogP contribution < -0.4 is 19.3 Å². The number of hydrogen-bond donors (Lipinski definition) is 1. The van der Waals surface area contributed by atoms with Gasteiger partial charge in [-0.15, -0.1) is 11.6 Å². The number of aliphatic hydroxyl groups excluding tert-OH is 1. The fourth-order valence-corrected chi connectivity index (χ4v) is 11.1. The van der Waals surface area contributed by atoms with Gasteiger partial charge in [0, 0.05) is 86.5 Å². The molecule has 3 aromatic carbocycles. The number of ether oxygens (including phenoxy) is 3. The normalized spacial score (nSPS) is 20.1. The first-order valence-electron chi connectivity index (χ1n) is 22.1. The highest BCUT2D eigenvalue weighted by Crippen LogP contribution is 2.46. The maximum Gasteiger partial charge on any atom is 0.416 e. The van der Waals surface area contributed by atoms with E-state index in [0.717, 1.165) is 52.1 Å². The lowest BCUT2D eigenvalue weighted by atomic mass is 9.95. The van der Waals surface area contributed by atoms with Crippen molar-refractivity contribution in [3.05, 3.63) is 83.6 Å². The van der Waals surface area contributed by atoms with Crippen LogP contribution in [0.2, 0.25) is 0 Å². The molecule has 17 heteroatoms. The molecule has 1 N–H and O–H groups in total. The number of piperazine rings is 1. The first-order valence-corrected chi connectivity index (χ1v) is 24.8. The van der Waals surface area contributed by atoms with Gasteiger partial charge >= 0.3 is 12.2 Å². The van der Waals surface area contributed by atoms with Crippen LogP contribution in [0.25, 0.3) is 10.8 Å². The zero-order chi connectivity index (χ0) is 44.9. The molecule has 64 heavy (non-hydrogen) atoms. The average Bonchev–Trinajstić information content (AvgIpc) is 3.94. The van der Waals surface area contributed by atoms with Crippen LogP contribution in [-0.4, -0.2) is 132 Å². The topological polar surface area (TPSA) is 145 Å². The quantitative estimate of drug-likeness (QED) is 0.0738. The fourth-order valence-electron chi connectivity index (χ4n) is 8.93. The number of likely N-dealkylation sites (N-methyl/N-ethyl adjacent to an activating group) is 1. The van der Waals surface area contributed by atoms with E-state index in [1.54, 1.807) is 33.0 Å². The van der Waals surface area contributed by atoms with Crippen molar-refractivity contribution in [3.63, 3.8) is 0 Å². The number of alkyl halides is 1. The van der Waals surface area contributed by atoms with Crippen molar-refractivity contribution in [3.8, 4) is 11.5 Å². The minimum atomic E-state index is -1.30. The molecule has 0 aliphatic carbocycles. The molecule has 4 aromatic rings. The summed E-state index contributed by atoms with van der Waals surface area (Å²) >= 11 is 6.52. The van der Waals surface area contributed by atoms with Gasteiger partial charge in [-0.2, -0.15) is 0 Å². The van der Waals surface area contributed by atoms with Crippen molar-refractivity contribution in [2.45, 2.75) is 80.8 Å². The molecule has 4 aliphatic heterocycles. The number of anilines is 2. The van der Waals surface area contributed by atoms with Crippen LogP contribution in [0, 0.1) is 6.92 Å². The molecule has 2 saturated heterocycles. The summed E-state index contributed by atoms with van der Waals surface area (Å²) in [6.45, 7) is 7.88. The Bertz CT molecular complexity index is 2350. The summed E-state index contributed by atoms with van der Waals surface area (Å²) in [5, 5.41) is 14.2. The molecule has 0 saturated carbocycles. The Kier molecular flexibility index (Phi) is 14.8. The van der Waals surface area contributed by atoms with E-state index in [0.29, 0.717) is 87.8 Å². The number of unbranched alkanes of at least 4 members (excludes halogenated alkanes) is 2. The van der Waals surface area contributed by atoms with Crippen molar-refractivity contribution in [2.24, 2.45) is 0 Å². The van der Waals surface area contributed by atoms with E-state index in [4.69, 9.17) is 25.8 Å². The highest BCUT2D eigenvalue weighted by Gasteiger charge is 2.45. The molecular weight excluding hydrogens is 876 g/mol. The number of aliphatic hydroxyl groups is 1. The molecule has 340 valence electrons. The molecule has 1 aromatic heterocycles. The van der Waals surface area contributed by atoms with Gasteiger partial charge in [-0.1, -0.05) is 41.1 Å². The summed E-state index contributed by atoms with van der Waals surface area (Å²) in [5.74, 6) is 0.922. The van der Waals surface area contributed by atoms with Gasteiger partial charge in [0.25, 0.3) is 5.91 Å². The highest BCUT2D eigenvalue weighted by atomic mass is 35.5. The molecule has 4 atom stereocenters. The number of amides is 4. The Hall–Kier alpha value is -4.74. The van der Waals surface area contributed by atoms with Gasteiger partial charge in [0.15, 0.2) is 6.23 Å². The Labute approximate surface area is 386 Å². The molecule has 0 bridgehead atoms. The van der Waals surface area contributed by atoms with Crippen molar-refractivity contribution >= 4 is 79.3 Å². The lowest BCUT2D eigenvalue weighted by Crippen LogP contribution is -2.51. The number of halogens is 1. The van der Waals surface area contributed by atoms with Gasteiger partial charge in [0.2, 0.25) is 5.91 Å². The van der Waals surface area contributed by atoms with Gasteiger partial charge in [-0.3, -0.25) is 9.59 Å². The number of carbonyl (C=O) groups excluding carboxylic acids is 4. The van der Waals surface area contributed by atoms with Gasteiger partial charge in [0.1, 0.15) is 23.1 Å². The highest BCUT2D eigenvalue weighted by molar-refractivity contribution is 8.76. The standard InChI is InChI=1S/C47H55ClN6O8S2/c1-30-24-35-37(54(45(57)36-14-11-18-52(36)44(35)56)47(59)61-29-31(2)63-64-41-15-8-9-17-49-41)25-39(30)60-23-10-4-5-16-42(55)53-28-32(27-48)43-34-13-7-6-12-33(34)40(26-38(43)53)62-46(58)51-21-19-50(3)20-22-51/h6-9,12-13,15,17,24-26,31-32,36,45,57H,4-5,10-11,14,16,18-23,27-29H2,1-3H3/t31?,32?,36-,45?/m0/s1. The average molecular weight is 932 g/mol. The molecule has 3 unspecified atom stereocenters. The zero-order valence-corrected chi connectivity index (χ0v) is 38.8. The summed E-state index contributed by atoms with van der Waals surface area (Å²) in [6.07, 6.45) is 2.86. The number of pyridine rings is 1. The second-order valence-electron chi connectivity index (χ2n) is 16.9. The van der Waals surface area contributed by atoms with E-state index >= 15 is 0 Å². The van der Waals surface area contributed by atoms with Gasteiger partial charge in [-0.25, -0.2) is 19.5 Å². The molecule has 4 amide bonds. The summed E-state index contributed by atoms with van der Waals surface area (Å²) in [6, 6.07) is 18.1. The lowest BCUT2D eigenvalue weighted by molar-refractivity contribution is -0.118. The molecule has 4 aliphatic rings. The van der Waals surface area contributed by atoms with Crippen molar-refractivity contribution in [1.82, 2.24) is 19.7 Å². The minimum Gasteiger partial charge on any atom is -0.493 e. The SMILES string of the molecule is Cc1cc2c(cc1OCCCCCC(=O)N1CC(CCl)c3c1cc(OC(=O)N1CCN(C)CC1)c1ccccc31)N(C(=O)OCC(C)SSc1ccccn1)C(O)[C@@H]1CCCN1C2=O. The van der Waals surface area contributed by atoms with Crippen LogP contribution in [0.1, 0.15) is 72.9 Å². The minimum absolute atomic E-state index is 0.0290.